The Bertz CT molecular complexity index is 424. The lowest BCUT2D eigenvalue weighted by atomic mass is 10.2. The summed E-state index contributed by atoms with van der Waals surface area (Å²) in [5.41, 5.74) is 5.94. The Hall–Kier alpha value is -1.55. The Kier molecular flexibility index (Phi) is 3.57. The molecule has 1 aromatic rings. The van der Waals surface area contributed by atoms with Crippen LogP contribution in [-0.2, 0) is 4.79 Å². The van der Waals surface area contributed by atoms with Crippen LogP contribution >= 0.6 is 0 Å². The molecule has 4 nitrogen and oxygen atoms in total. The maximum atomic E-state index is 11.7. The highest BCUT2D eigenvalue weighted by molar-refractivity contribution is 6.00. The predicted octanol–water partition coefficient (Wildman–Crippen LogP) is 2.29. The Labute approximate surface area is 108 Å². The molecular formula is C14H20N2O2. The monoisotopic (exact) mass is 248 g/mol. The molecular weight excluding hydrogens is 228 g/mol. The predicted molar refractivity (Wildman–Crippen MR) is 71.6 cm³/mol. The number of rotatable bonds is 5. The van der Waals surface area contributed by atoms with Crippen molar-refractivity contribution in [1.82, 2.24) is 0 Å². The normalized spacial score (nSPS) is 17.9. The van der Waals surface area contributed by atoms with Gasteiger partial charge in [0, 0.05) is 5.69 Å². The highest BCUT2D eigenvalue weighted by atomic mass is 16.5. The highest BCUT2D eigenvalue weighted by Crippen LogP contribution is 2.33. The standard InChI is InChI=1S/C14H20N2O2/c1-3-10(2)18-12-6-4-11(5-7-12)16-13(17)14(15)8-9-14/h4-7,10H,3,8-9,15H2,1-2H3,(H,16,17). The Morgan fingerprint density at radius 3 is 2.56 bits per heavy atom. The van der Waals surface area contributed by atoms with Gasteiger partial charge in [-0.3, -0.25) is 4.79 Å². The van der Waals surface area contributed by atoms with Crippen LogP contribution in [0.3, 0.4) is 0 Å². The largest absolute Gasteiger partial charge is 0.491 e. The van der Waals surface area contributed by atoms with Gasteiger partial charge in [0.05, 0.1) is 11.6 Å². The molecule has 2 rings (SSSR count). The topological polar surface area (TPSA) is 64.3 Å². The number of amides is 1. The van der Waals surface area contributed by atoms with Crippen molar-refractivity contribution < 1.29 is 9.53 Å². The van der Waals surface area contributed by atoms with Crippen molar-refractivity contribution in [3.63, 3.8) is 0 Å². The molecule has 0 bridgehead atoms. The average Bonchev–Trinajstić information content (AvgIpc) is 3.11. The van der Waals surface area contributed by atoms with Crippen LogP contribution in [0.1, 0.15) is 33.1 Å². The van der Waals surface area contributed by atoms with Crippen molar-refractivity contribution in [1.29, 1.82) is 0 Å². The first kappa shape index (κ1) is 12.9. The second kappa shape index (κ2) is 4.98. The van der Waals surface area contributed by atoms with Gasteiger partial charge in [-0.1, -0.05) is 6.92 Å². The molecule has 0 radical (unpaired) electrons. The minimum absolute atomic E-state index is 0.0990. The van der Waals surface area contributed by atoms with E-state index < -0.39 is 5.54 Å². The molecule has 1 amide bonds. The number of carbonyl (C=O) groups excluding carboxylic acids is 1. The molecule has 0 heterocycles. The summed E-state index contributed by atoms with van der Waals surface area (Å²) in [6.45, 7) is 4.11. The molecule has 0 saturated heterocycles. The second-order valence-corrected chi connectivity index (χ2v) is 4.97. The van der Waals surface area contributed by atoms with Crippen molar-refractivity contribution in [3.05, 3.63) is 24.3 Å². The van der Waals surface area contributed by atoms with Gasteiger partial charge in [-0.25, -0.2) is 0 Å². The summed E-state index contributed by atoms with van der Waals surface area (Å²) in [5, 5.41) is 2.82. The van der Waals surface area contributed by atoms with E-state index in [1.165, 1.54) is 0 Å². The number of nitrogens with two attached hydrogens (primary N) is 1. The second-order valence-electron chi connectivity index (χ2n) is 4.97. The quantitative estimate of drug-likeness (QED) is 0.840. The van der Waals surface area contributed by atoms with E-state index in [1.807, 2.05) is 31.2 Å². The van der Waals surface area contributed by atoms with E-state index in [0.717, 1.165) is 30.7 Å². The molecule has 1 aliphatic carbocycles. The summed E-state index contributed by atoms with van der Waals surface area (Å²) < 4.78 is 5.67. The maximum absolute atomic E-state index is 11.7. The first-order chi connectivity index (χ1) is 8.53. The van der Waals surface area contributed by atoms with Crippen LogP contribution in [-0.4, -0.2) is 17.6 Å². The molecule has 1 aromatic carbocycles. The van der Waals surface area contributed by atoms with E-state index in [9.17, 15) is 4.79 Å². The summed E-state index contributed by atoms with van der Waals surface area (Å²) >= 11 is 0. The highest BCUT2D eigenvalue weighted by Gasteiger charge is 2.45. The van der Waals surface area contributed by atoms with Gasteiger partial charge in [0.15, 0.2) is 0 Å². The zero-order valence-electron chi connectivity index (χ0n) is 10.9. The molecule has 1 atom stereocenters. The number of hydrogen-bond donors (Lipinski definition) is 2. The van der Waals surface area contributed by atoms with Crippen molar-refractivity contribution in [3.8, 4) is 5.75 Å². The molecule has 98 valence electrons. The van der Waals surface area contributed by atoms with E-state index in [0.29, 0.717) is 0 Å². The lowest BCUT2D eigenvalue weighted by Crippen LogP contribution is -2.37. The molecule has 3 N–H and O–H groups in total. The number of nitrogens with one attached hydrogen (secondary N) is 1. The van der Waals surface area contributed by atoms with Crippen LogP contribution in [0.25, 0.3) is 0 Å². The lowest BCUT2D eigenvalue weighted by Gasteiger charge is -2.14. The fraction of sp³-hybridized carbons (Fsp3) is 0.500. The van der Waals surface area contributed by atoms with Gasteiger partial charge in [-0.2, -0.15) is 0 Å². The summed E-state index contributed by atoms with van der Waals surface area (Å²) in [6, 6.07) is 7.39. The summed E-state index contributed by atoms with van der Waals surface area (Å²) in [7, 11) is 0. The first-order valence-corrected chi connectivity index (χ1v) is 6.40. The van der Waals surface area contributed by atoms with Crippen LogP contribution in [0.5, 0.6) is 5.75 Å². The zero-order valence-corrected chi connectivity index (χ0v) is 10.9. The van der Waals surface area contributed by atoms with Crippen LogP contribution in [0.2, 0.25) is 0 Å². The molecule has 1 aliphatic rings. The molecule has 18 heavy (non-hydrogen) atoms. The molecule has 0 aromatic heterocycles. The third-order valence-electron chi connectivity index (χ3n) is 3.27. The van der Waals surface area contributed by atoms with Crippen LogP contribution in [0.15, 0.2) is 24.3 Å². The van der Waals surface area contributed by atoms with E-state index in [-0.39, 0.29) is 12.0 Å². The Morgan fingerprint density at radius 2 is 2.06 bits per heavy atom. The Balaban J connectivity index is 1.93. The molecule has 0 aliphatic heterocycles. The SMILES string of the molecule is CCC(C)Oc1ccc(NC(=O)C2(N)CC2)cc1. The fourth-order valence-electron chi connectivity index (χ4n) is 1.55. The number of hydrogen-bond acceptors (Lipinski definition) is 3. The van der Waals surface area contributed by atoms with Gasteiger partial charge in [0.2, 0.25) is 5.91 Å². The van der Waals surface area contributed by atoms with E-state index in [1.54, 1.807) is 0 Å². The van der Waals surface area contributed by atoms with Crippen molar-refractivity contribution in [2.45, 2.75) is 44.8 Å². The minimum Gasteiger partial charge on any atom is -0.491 e. The molecule has 1 saturated carbocycles. The van der Waals surface area contributed by atoms with Gasteiger partial charge in [-0.15, -0.1) is 0 Å². The van der Waals surface area contributed by atoms with Crippen molar-refractivity contribution in [2.24, 2.45) is 5.73 Å². The van der Waals surface area contributed by atoms with Gasteiger partial charge in [0.25, 0.3) is 0 Å². The van der Waals surface area contributed by atoms with Gasteiger partial charge >= 0.3 is 0 Å². The van der Waals surface area contributed by atoms with Crippen molar-refractivity contribution in [2.75, 3.05) is 5.32 Å². The number of carbonyl (C=O) groups is 1. The fourth-order valence-corrected chi connectivity index (χ4v) is 1.55. The molecule has 1 fully saturated rings. The maximum Gasteiger partial charge on any atom is 0.244 e. The van der Waals surface area contributed by atoms with Gasteiger partial charge in [0.1, 0.15) is 5.75 Å². The zero-order chi connectivity index (χ0) is 13.2. The number of ether oxygens (including phenoxy) is 1. The summed E-state index contributed by atoms with van der Waals surface area (Å²) in [5.74, 6) is 0.717. The number of anilines is 1. The summed E-state index contributed by atoms with van der Waals surface area (Å²) in [6.07, 6.45) is 2.71. The van der Waals surface area contributed by atoms with Gasteiger partial charge < -0.3 is 15.8 Å². The van der Waals surface area contributed by atoms with E-state index >= 15 is 0 Å². The Morgan fingerprint density at radius 1 is 1.44 bits per heavy atom. The lowest BCUT2D eigenvalue weighted by molar-refractivity contribution is -0.118. The third-order valence-corrected chi connectivity index (χ3v) is 3.27. The summed E-state index contributed by atoms with van der Waals surface area (Å²) in [4.78, 5) is 11.7. The average molecular weight is 248 g/mol. The van der Waals surface area contributed by atoms with Crippen LogP contribution in [0, 0.1) is 0 Å². The van der Waals surface area contributed by atoms with Crippen LogP contribution in [0.4, 0.5) is 5.69 Å². The van der Waals surface area contributed by atoms with Crippen molar-refractivity contribution >= 4 is 11.6 Å². The van der Waals surface area contributed by atoms with Crippen LogP contribution < -0.4 is 15.8 Å². The minimum atomic E-state index is -0.633. The molecule has 0 spiro atoms. The van der Waals surface area contributed by atoms with E-state index in [4.69, 9.17) is 10.5 Å². The molecule has 1 unspecified atom stereocenters. The number of benzene rings is 1. The smallest absolute Gasteiger partial charge is 0.244 e. The first-order valence-electron chi connectivity index (χ1n) is 6.40. The third kappa shape index (κ3) is 3.01. The van der Waals surface area contributed by atoms with Gasteiger partial charge in [-0.05, 0) is 50.5 Å². The molecule has 4 heteroatoms. The van der Waals surface area contributed by atoms with E-state index in [2.05, 4.69) is 12.2 Å².